The zero-order chi connectivity index (χ0) is 28.0. The van der Waals surface area contributed by atoms with E-state index in [0.29, 0.717) is 5.75 Å². The highest BCUT2D eigenvalue weighted by atomic mass is 16.7. The zero-order valence-corrected chi connectivity index (χ0v) is 22.0. The maximum Gasteiger partial charge on any atom is 0.289 e. The minimum atomic E-state index is -1.09. The molecule has 9 nitrogen and oxygen atoms in total. The third-order valence-electron chi connectivity index (χ3n) is 5.85. The highest BCUT2D eigenvalue weighted by Crippen LogP contribution is 2.26. The Hall–Kier alpha value is -4.50. The van der Waals surface area contributed by atoms with Gasteiger partial charge in [-0.15, -0.1) is 0 Å². The average Bonchev–Trinajstić information content (AvgIpc) is 2.97. The molecule has 0 aliphatic rings. The van der Waals surface area contributed by atoms with Crippen LogP contribution in [-0.2, 0) is 32.1 Å². The van der Waals surface area contributed by atoms with Crippen LogP contribution in [-0.4, -0.2) is 50.4 Å². The third kappa shape index (κ3) is 9.08. The largest absolute Gasteiger partial charge is 0.497 e. The quantitative estimate of drug-likeness (QED) is 0.175. The molecule has 0 aliphatic heterocycles. The van der Waals surface area contributed by atoms with Gasteiger partial charge in [0.25, 0.3) is 5.91 Å². The fraction of sp³-hybridized carbons (Fsp3) is 0.267. The van der Waals surface area contributed by atoms with E-state index in [1.807, 2.05) is 60.7 Å². The zero-order valence-electron chi connectivity index (χ0n) is 22.0. The van der Waals surface area contributed by atoms with Crippen LogP contribution in [0.5, 0.6) is 11.5 Å². The number of amides is 2. The van der Waals surface area contributed by atoms with E-state index in [1.165, 1.54) is 14.2 Å². The summed E-state index contributed by atoms with van der Waals surface area (Å²) < 4.78 is 15.6. The highest BCUT2D eigenvalue weighted by Gasteiger charge is 2.27. The Bertz CT molecular complexity index is 1260. The van der Waals surface area contributed by atoms with Crippen LogP contribution in [0.1, 0.15) is 34.3 Å². The predicted molar refractivity (Wildman–Crippen MR) is 144 cm³/mol. The molecule has 0 aromatic heterocycles. The van der Waals surface area contributed by atoms with Gasteiger partial charge in [-0.05, 0) is 23.3 Å². The van der Waals surface area contributed by atoms with Crippen LogP contribution in [0.3, 0.4) is 0 Å². The highest BCUT2D eigenvalue weighted by molar-refractivity contribution is 6.38. The number of hydrogen-bond donors (Lipinski definition) is 2. The number of methoxy groups -OCH3 is 2. The van der Waals surface area contributed by atoms with E-state index in [-0.39, 0.29) is 49.7 Å². The maximum atomic E-state index is 13.0. The van der Waals surface area contributed by atoms with E-state index in [9.17, 15) is 19.2 Å². The summed E-state index contributed by atoms with van der Waals surface area (Å²) in [4.78, 5) is 51.4. The van der Waals surface area contributed by atoms with Gasteiger partial charge in [-0.3, -0.25) is 19.2 Å². The first-order valence-electron chi connectivity index (χ1n) is 12.4. The van der Waals surface area contributed by atoms with Crippen molar-refractivity contribution < 1.29 is 33.4 Å². The molecule has 9 heteroatoms. The Morgan fingerprint density at radius 1 is 0.821 bits per heavy atom. The lowest BCUT2D eigenvalue weighted by molar-refractivity contribution is -0.140. The molecule has 3 aromatic carbocycles. The topological polar surface area (TPSA) is 120 Å². The van der Waals surface area contributed by atoms with E-state index < -0.39 is 23.6 Å². The van der Waals surface area contributed by atoms with Crippen molar-refractivity contribution in [1.29, 1.82) is 0 Å². The number of ether oxygens (including phenoxy) is 3. The van der Waals surface area contributed by atoms with Gasteiger partial charge in [0.15, 0.2) is 12.6 Å². The first kappa shape index (κ1) is 29.1. The number of ketones is 2. The van der Waals surface area contributed by atoms with Crippen LogP contribution in [0.15, 0.2) is 78.9 Å². The fourth-order valence-corrected chi connectivity index (χ4v) is 3.81. The van der Waals surface area contributed by atoms with Crippen LogP contribution in [0.4, 0.5) is 0 Å². The number of rotatable bonds is 15. The number of hydrogen-bond acceptors (Lipinski definition) is 7. The van der Waals surface area contributed by atoms with E-state index in [0.717, 1.165) is 11.1 Å². The molecular weight excluding hydrogens is 500 g/mol. The summed E-state index contributed by atoms with van der Waals surface area (Å²) >= 11 is 0. The van der Waals surface area contributed by atoms with Gasteiger partial charge in [-0.2, -0.15) is 0 Å². The van der Waals surface area contributed by atoms with E-state index in [4.69, 9.17) is 14.2 Å². The molecule has 0 fully saturated rings. The molecule has 39 heavy (non-hydrogen) atoms. The molecule has 3 rings (SSSR count). The lowest BCUT2D eigenvalue weighted by atomic mass is 10.0. The van der Waals surface area contributed by atoms with Gasteiger partial charge in [-0.25, -0.2) is 0 Å². The van der Waals surface area contributed by atoms with Crippen molar-refractivity contribution in [1.82, 2.24) is 10.6 Å². The minimum Gasteiger partial charge on any atom is -0.497 e. The lowest BCUT2D eigenvalue weighted by Crippen LogP contribution is -2.48. The summed E-state index contributed by atoms with van der Waals surface area (Å²) in [6.07, 6.45) is -0.182. The van der Waals surface area contributed by atoms with Crippen LogP contribution >= 0.6 is 0 Å². The van der Waals surface area contributed by atoms with Crippen molar-refractivity contribution in [2.45, 2.75) is 31.8 Å². The number of nitrogens with one attached hydrogen (secondary N) is 2. The van der Waals surface area contributed by atoms with Gasteiger partial charge < -0.3 is 24.8 Å². The third-order valence-corrected chi connectivity index (χ3v) is 5.85. The number of carbonyl (C=O) groups is 4. The molecule has 0 saturated carbocycles. The Labute approximate surface area is 227 Å². The van der Waals surface area contributed by atoms with Crippen LogP contribution < -0.4 is 20.1 Å². The summed E-state index contributed by atoms with van der Waals surface area (Å²) in [7, 11) is 2.96. The van der Waals surface area contributed by atoms with E-state index in [1.54, 1.807) is 18.2 Å². The summed E-state index contributed by atoms with van der Waals surface area (Å²) in [6, 6.07) is 21.9. The molecule has 0 heterocycles. The Morgan fingerprint density at radius 3 is 2.13 bits per heavy atom. The average molecular weight is 533 g/mol. The summed E-state index contributed by atoms with van der Waals surface area (Å²) in [5.41, 5.74) is 1.90. The first-order valence-corrected chi connectivity index (χ1v) is 12.4. The molecule has 0 unspecified atom stereocenters. The smallest absolute Gasteiger partial charge is 0.289 e. The van der Waals surface area contributed by atoms with Crippen molar-refractivity contribution in [2.24, 2.45) is 0 Å². The van der Waals surface area contributed by atoms with Crippen molar-refractivity contribution in [2.75, 3.05) is 21.0 Å². The van der Waals surface area contributed by atoms with E-state index in [2.05, 4.69) is 10.6 Å². The molecule has 3 aromatic rings. The van der Waals surface area contributed by atoms with Gasteiger partial charge >= 0.3 is 0 Å². The molecule has 2 amide bonds. The second kappa shape index (κ2) is 15.0. The summed E-state index contributed by atoms with van der Waals surface area (Å²) in [5.74, 6) is -1.64. The molecule has 0 spiro atoms. The molecule has 1 atom stereocenters. The number of benzene rings is 3. The molecule has 0 bridgehead atoms. The Kier molecular flexibility index (Phi) is 11.2. The lowest BCUT2D eigenvalue weighted by Gasteiger charge is -2.18. The van der Waals surface area contributed by atoms with Crippen LogP contribution in [0, 0.1) is 0 Å². The molecule has 0 saturated heterocycles. The van der Waals surface area contributed by atoms with E-state index >= 15 is 0 Å². The maximum absolute atomic E-state index is 13.0. The predicted octanol–water partition coefficient (Wildman–Crippen LogP) is 3.25. The normalized spacial score (nSPS) is 11.2. The molecule has 0 radical (unpaired) electrons. The van der Waals surface area contributed by atoms with Crippen LogP contribution in [0.25, 0.3) is 0 Å². The summed E-state index contributed by atoms with van der Waals surface area (Å²) in [6.45, 7) is 0.116. The second-order valence-electron chi connectivity index (χ2n) is 8.68. The molecule has 204 valence electrons. The molecule has 0 aliphatic carbocycles. The van der Waals surface area contributed by atoms with Crippen molar-refractivity contribution >= 4 is 23.4 Å². The first-order chi connectivity index (χ1) is 18.9. The molecule has 2 N–H and O–H groups in total. The van der Waals surface area contributed by atoms with Gasteiger partial charge in [0.2, 0.25) is 11.7 Å². The van der Waals surface area contributed by atoms with Gasteiger partial charge in [0, 0.05) is 39.0 Å². The second-order valence-corrected chi connectivity index (χ2v) is 8.68. The minimum absolute atomic E-state index is 0.0659. The van der Waals surface area contributed by atoms with Gasteiger partial charge in [0.1, 0.15) is 17.5 Å². The van der Waals surface area contributed by atoms with Crippen molar-refractivity contribution in [3.05, 3.63) is 95.6 Å². The fourth-order valence-electron chi connectivity index (χ4n) is 3.81. The standard InChI is InChI=1S/C30H32N2O7/c1-37-20-39-27-18-23(38-2)13-14-24(27)26(33)15-16-28(34)32-25(17-21-9-5-3-6-10-21)29(35)30(36)31-19-22-11-7-4-8-12-22/h3-14,18,25H,15-17,19-20H2,1-2H3,(H,31,36)(H,32,34)/t25-/m0/s1. The van der Waals surface area contributed by atoms with Crippen molar-refractivity contribution in [3.8, 4) is 11.5 Å². The van der Waals surface area contributed by atoms with Crippen molar-refractivity contribution in [3.63, 3.8) is 0 Å². The van der Waals surface area contributed by atoms with Crippen LogP contribution in [0.2, 0.25) is 0 Å². The molecular formula is C30H32N2O7. The van der Waals surface area contributed by atoms with Gasteiger partial charge in [-0.1, -0.05) is 60.7 Å². The number of carbonyl (C=O) groups excluding carboxylic acids is 4. The summed E-state index contributed by atoms with van der Waals surface area (Å²) in [5, 5.41) is 5.26. The SMILES string of the molecule is COCOc1cc(OC)ccc1C(=O)CCC(=O)N[C@@H](Cc1ccccc1)C(=O)C(=O)NCc1ccccc1. The number of Topliss-reactive ketones (excluding diaryl/α,β-unsaturated/α-hetero) is 2. The van der Waals surface area contributed by atoms with Gasteiger partial charge in [0.05, 0.1) is 12.7 Å². The monoisotopic (exact) mass is 532 g/mol. The Balaban J connectivity index is 1.65. The Morgan fingerprint density at radius 2 is 1.49 bits per heavy atom.